The summed E-state index contributed by atoms with van der Waals surface area (Å²) < 4.78 is 0. The minimum absolute atomic E-state index is 0.00463. The molecule has 0 amide bonds. The van der Waals surface area contributed by atoms with E-state index in [1.54, 1.807) is 6.20 Å². The summed E-state index contributed by atoms with van der Waals surface area (Å²) in [6, 6.07) is -0.00463. The SMILES string of the molecule is CC1=CC=C/C(=C/N)C1N. The lowest BCUT2D eigenvalue weighted by Crippen LogP contribution is -2.25. The van der Waals surface area contributed by atoms with E-state index in [4.69, 9.17) is 11.5 Å². The van der Waals surface area contributed by atoms with E-state index in [2.05, 4.69) is 0 Å². The van der Waals surface area contributed by atoms with Crippen molar-refractivity contribution in [1.82, 2.24) is 0 Å². The summed E-state index contributed by atoms with van der Waals surface area (Å²) in [4.78, 5) is 0. The van der Waals surface area contributed by atoms with E-state index in [-0.39, 0.29) is 6.04 Å². The van der Waals surface area contributed by atoms with Crippen molar-refractivity contribution in [3.63, 3.8) is 0 Å². The van der Waals surface area contributed by atoms with Crippen LogP contribution in [0.15, 0.2) is 35.6 Å². The van der Waals surface area contributed by atoms with Crippen LogP contribution in [0.3, 0.4) is 0 Å². The maximum atomic E-state index is 5.77. The van der Waals surface area contributed by atoms with E-state index in [1.807, 2.05) is 25.2 Å². The van der Waals surface area contributed by atoms with E-state index in [0.717, 1.165) is 11.1 Å². The Hall–Kier alpha value is -1.02. The van der Waals surface area contributed by atoms with E-state index >= 15 is 0 Å². The van der Waals surface area contributed by atoms with Gasteiger partial charge in [0.25, 0.3) is 0 Å². The molecule has 0 heterocycles. The van der Waals surface area contributed by atoms with Gasteiger partial charge in [0, 0.05) is 0 Å². The highest BCUT2D eigenvalue weighted by Gasteiger charge is 2.09. The van der Waals surface area contributed by atoms with Crippen LogP contribution in [0.2, 0.25) is 0 Å². The Morgan fingerprint density at radius 2 is 2.30 bits per heavy atom. The second-order valence-corrected chi connectivity index (χ2v) is 2.41. The van der Waals surface area contributed by atoms with Gasteiger partial charge in [-0.2, -0.15) is 0 Å². The Labute approximate surface area is 60.9 Å². The number of allylic oxidation sites excluding steroid dienone is 2. The Morgan fingerprint density at radius 1 is 1.60 bits per heavy atom. The van der Waals surface area contributed by atoms with Gasteiger partial charge in [-0.05, 0) is 18.7 Å². The van der Waals surface area contributed by atoms with Crippen molar-refractivity contribution in [2.45, 2.75) is 13.0 Å². The van der Waals surface area contributed by atoms with Gasteiger partial charge in [-0.3, -0.25) is 0 Å². The third kappa shape index (κ3) is 1.11. The summed E-state index contributed by atoms with van der Waals surface area (Å²) >= 11 is 0. The van der Waals surface area contributed by atoms with Crippen LogP contribution in [0, 0.1) is 0 Å². The molecule has 10 heavy (non-hydrogen) atoms. The largest absolute Gasteiger partial charge is 0.404 e. The molecule has 2 heteroatoms. The summed E-state index contributed by atoms with van der Waals surface area (Å²) in [6.45, 7) is 2.00. The number of hydrogen-bond acceptors (Lipinski definition) is 2. The maximum absolute atomic E-state index is 5.77. The molecule has 1 unspecified atom stereocenters. The third-order valence-electron chi connectivity index (χ3n) is 1.69. The third-order valence-corrected chi connectivity index (χ3v) is 1.69. The van der Waals surface area contributed by atoms with Crippen molar-refractivity contribution in [3.05, 3.63) is 35.6 Å². The van der Waals surface area contributed by atoms with Crippen molar-refractivity contribution in [1.29, 1.82) is 0 Å². The van der Waals surface area contributed by atoms with E-state index < -0.39 is 0 Å². The first-order valence-electron chi connectivity index (χ1n) is 3.28. The van der Waals surface area contributed by atoms with Crippen molar-refractivity contribution in [2.24, 2.45) is 11.5 Å². The van der Waals surface area contributed by atoms with Crippen LogP contribution in [0.4, 0.5) is 0 Å². The average molecular weight is 136 g/mol. The molecule has 1 atom stereocenters. The molecule has 1 aliphatic rings. The van der Waals surface area contributed by atoms with E-state index in [9.17, 15) is 0 Å². The molecule has 0 fully saturated rings. The molecule has 0 aromatic carbocycles. The van der Waals surface area contributed by atoms with Gasteiger partial charge < -0.3 is 11.5 Å². The predicted molar refractivity (Wildman–Crippen MR) is 43.1 cm³/mol. The molecule has 4 N–H and O–H groups in total. The molecule has 0 bridgehead atoms. The highest BCUT2D eigenvalue weighted by molar-refractivity contribution is 5.39. The first-order valence-corrected chi connectivity index (χ1v) is 3.28. The highest BCUT2D eigenvalue weighted by Crippen LogP contribution is 2.14. The molecule has 54 valence electrons. The predicted octanol–water partition coefficient (Wildman–Crippen LogP) is 0.672. The Balaban J connectivity index is 2.89. The summed E-state index contributed by atoms with van der Waals surface area (Å²) in [5, 5.41) is 0. The summed E-state index contributed by atoms with van der Waals surface area (Å²) in [5.74, 6) is 0. The van der Waals surface area contributed by atoms with Gasteiger partial charge in [-0.25, -0.2) is 0 Å². The second kappa shape index (κ2) is 2.71. The first kappa shape index (κ1) is 7.09. The molecule has 0 spiro atoms. The lowest BCUT2D eigenvalue weighted by atomic mass is 9.97. The van der Waals surface area contributed by atoms with Crippen LogP contribution in [-0.2, 0) is 0 Å². The van der Waals surface area contributed by atoms with Gasteiger partial charge in [0.15, 0.2) is 0 Å². The molecule has 0 radical (unpaired) electrons. The zero-order valence-electron chi connectivity index (χ0n) is 6.04. The average Bonchev–Trinajstić information content (AvgIpc) is 1.95. The molecule has 0 aromatic rings. The molecule has 0 aliphatic heterocycles. The number of nitrogens with two attached hydrogens (primary N) is 2. The lowest BCUT2D eigenvalue weighted by Gasteiger charge is -2.15. The molecule has 1 aliphatic carbocycles. The standard InChI is InChI=1S/C8H12N2/c1-6-3-2-4-7(5-9)8(6)10/h2-5,8H,9-10H2,1H3/b7-5-. The molecular formula is C8H12N2. The molecule has 1 rings (SSSR count). The van der Waals surface area contributed by atoms with Gasteiger partial charge in [-0.15, -0.1) is 0 Å². The fraction of sp³-hybridized carbons (Fsp3) is 0.250. The molecule has 0 saturated heterocycles. The number of hydrogen-bond donors (Lipinski definition) is 2. The van der Waals surface area contributed by atoms with Gasteiger partial charge >= 0.3 is 0 Å². The van der Waals surface area contributed by atoms with Crippen molar-refractivity contribution >= 4 is 0 Å². The quantitative estimate of drug-likeness (QED) is 0.514. The van der Waals surface area contributed by atoms with Crippen LogP contribution in [0.1, 0.15) is 6.92 Å². The second-order valence-electron chi connectivity index (χ2n) is 2.41. The minimum atomic E-state index is -0.00463. The van der Waals surface area contributed by atoms with Crippen LogP contribution in [0.25, 0.3) is 0 Å². The summed E-state index contributed by atoms with van der Waals surface area (Å²) in [6.07, 6.45) is 7.43. The Morgan fingerprint density at radius 3 is 2.80 bits per heavy atom. The first-order chi connectivity index (χ1) is 4.75. The van der Waals surface area contributed by atoms with Crippen LogP contribution in [-0.4, -0.2) is 6.04 Å². The van der Waals surface area contributed by atoms with Gasteiger partial charge in [-0.1, -0.05) is 23.8 Å². The zero-order valence-corrected chi connectivity index (χ0v) is 6.04. The Bertz CT molecular complexity index is 211. The normalized spacial score (nSPS) is 28.8. The smallest absolute Gasteiger partial charge is 0.0525 e. The van der Waals surface area contributed by atoms with Crippen molar-refractivity contribution in [2.75, 3.05) is 0 Å². The lowest BCUT2D eigenvalue weighted by molar-refractivity contribution is 0.897. The zero-order chi connectivity index (χ0) is 7.56. The van der Waals surface area contributed by atoms with Crippen molar-refractivity contribution in [3.8, 4) is 0 Å². The highest BCUT2D eigenvalue weighted by atomic mass is 14.7. The maximum Gasteiger partial charge on any atom is 0.0525 e. The van der Waals surface area contributed by atoms with E-state index in [0.29, 0.717) is 0 Å². The van der Waals surface area contributed by atoms with Crippen LogP contribution < -0.4 is 11.5 Å². The monoisotopic (exact) mass is 136 g/mol. The van der Waals surface area contributed by atoms with Gasteiger partial charge in [0.05, 0.1) is 6.04 Å². The van der Waals surface area contributed by atoms with Crippen LogP contribution in [0.5, 0.6) is 0 Å². The van der Waals surface area contributed by atoms with Crippen molar-refractivity contribution < 1.29 is 0 Å². The molecule has 0 aromatic heterocycles. The molecule has 2 nitrogen and oxygen atoms in total. The van der Waals surface area contributed by atoms with Gasteiger partial charge in [0.2, 0.25) is 0 Å². The summed E-state index contributed by atoms with van der Waals surface area (Å²) in [7, 11) is 0. The Kier molecular flexibility index (Phi) is 1.92. The fourth-order valence-electron chi connectivity index (χ4n) is 0.940. The fourth-order valence-corrected chi connectivity index (χ4v) is 0.940. The van der Waals surface area contributed by atoms with Crippen LogP contribution >= 0.6 is 0 Å². The minimum Gasteiger partial charge on any atom is -0.404 e. The molecular weight excluding hydrogens is 124 g/mol. The topological polar surface area (TPSA) is 52.0 Å². The van der Waals surface area contributed by atoms with Gasteiger partial charge in [0.1, 0.15) is 0 Å². The molecule has 0 saturated carbocycles. The number of rotatable bonds is 0. The summed E-state index contributed by atoms with van der Waals surface area (Å²) in [5.41, 5.74) is 13.2. The van der Waals surface area contributed by atoms with E-state index in [1.165, 1.54) is 0 Å².